The highest BCUT2D eigenvalue weighted by Gasteiger charge is 2.31. The van der Waals surface area contributed by atoms with Crippen LogP contribution in [0.1, 0.15) is 25.7 Å². The molecule has 2 aliphatic heterocycles. The van der Waals surface area contributed by atoms with Gasteiger partial charge in [0.2, 0.25) is 17.8 Å². The first-order valence-corrected chi connectivity index (χ1v) is 10.2. The lowest BCUT2D eigenvalue weighted by atomic mass is 10.1. The number of nitriles is 1. The second-order valence-electron chi connectivity index (χ2n) is 7.00. The lowest BCUT2D eigenvalue weighted by Gasteiger charge is -2.31. The van der Waals surface area contributed by atoms with Crippen molar-refractivity contribution < 1.29 is 9.59 Å². The molecule has 8 nitrogen and oxygen atoms in total. The fraction of sp³-hybridized carbons (Fsp3) is 0.474. The first-order valence-electron chi connectivity index (χ1n) is 9.49. The van der Waals surface area contributed by atoms with Gasteiger partial charge in [-0.25, -0.2) is 4.99 Å². The van der Waals surface area contributed by atoms with E-state index in [1.807, 2.05) is 6.19 Å². The largest absolute Gasteiger partial charge is 0.341 e. The van der Waals surface area contributed by atoms with Crippen molar-refractivity contribution in [2.75, 3.05) is 31.5 Å². The van der Waals surface area contributed by atoms with Crippen molar-refractivity contribution in [1.82, 2.24) is 15.1 Å². The summed E-state index contributed by atoms with van der Waals surface area (Å²) in [7, 11) is 0. The van der Waals surface area contributed by atoms with Crippen LogP contribution in [0.2, 0.25) is 10.0 Å². The molecule has 2 amide bonds. The van der Waals surface area contributed by atoms with E-state index in [-0.39, 0.29) is 24.3 Å². The Kier molecular flexibility index (Phi) is 7.18. The molecule has 0 aliphatic carbocycles. The number of likely N-dealkylation sites (tertiary alicyclic amines) is 2. The van der Waals surface area contributed by atoms with E-state index < -0.39 is 6.04 Å². The van der Waals surface area contributed by atoms with Gasteiger partial charge in [-0.05, 0) is 43.9 Å². The van der Waals surface area contributed by atoms with Crippen LogP contribution in [0.5, 0.6) is 0 Å². The molecule has 1 unspecified atom stereocenters. The van der Waals surface area contributed by atoms with Gasteiger partial charge in [0.1, 0.15) is 6.04 Å². The number of halogens is 2. The summed E-state index contributed by atoms with van der Waals surface area (Å²) in [4.78, 5) is 33.0. The molecule has 1 aromatic rings. The average molecular weight is 437 g/mol. The molecule has 2 heterocycles. The number of rotatable bonds is 4. The number of nitrogens with zero attached hydrogens (tertiary/aromatic N) is 4. The number of aliphatic imine (C=N–C) groups is 1. The minimum atomic E-state index is -0.673. The van der Waals surface area contributed by atoms with E-state index in [9.17, 15) is 9.59 Å². The number of carbonyl (C=O) groups is 2. The molecule has 154 valence electrons. The Labute approximate surface area is 179 Å². The van der Waals surface area contributed by atoms with Gasteiger partial charge in [-0.1, -0.05) is 23.2 Å². The summed E-state index contributed by atoms with van der Waals surface area (Å²) in [6.45, 7) is 2.11. The predicted octanol–water partition coefficient (Wildman–Crippen LogP) is 2.45. The molecular weight excluding hydrogens is 415 g/mol. The first kappa shape index (κ1) is 21.2. The molecule has 0 radical (unpaired) electrons. The zero-order chi connectivity index (χ0) is 20.8. The fourth-order valence-corrected chi connectivity index (χ4v) is 4.02. The molecule has 2 fully saturated rings. The number of piperidine rings is 1. The number of carbonyl (C=O) groups excluding carboxylic acids is 2. The second kappa shape index (κ2) is 9.81. The van der Waals surface area contributed by atoms with Crippen molar-refractivity contribution in [3.63, 3.8) is 0 Å². The van der Waals surface area contributed by atoms with E-state index in [1.54, 1.807) is 28.0 Å². The molecule has 0 saturated carbocycles. The topological polar surface area (TPSA) is 101 Å². The number of amides is 2. The number of hydrogen-bond donors (Lipinski definition) is 2. The Morgan fingerprint density at radius 1 is 1.17 bits per heavy atom. The van der Waals surface area contributed by atoms with Crippen LogP contribution in [0.25, 0.3) is 0 Å². The molecular formula is C19H22Cl2N6O2. The molecule has 1 aromatic carbocycles. The lowest BCUT2D eigenvalue weighted by molar-refractivity contribution is -0.142. The van der Waals surface area contributed by atoms with Gasteiger partial charge in [-0.2, -0.15) is 5.26 Å². The van der Waals surface area contributed by atoms with E-state index in [4.69, 9.17) is 28.5 Å². The molecule has 0 bridgehead atoms. The molecule has 0 spiro atoms. The number of benzene rings is 1. The number of nitrogens with one attached hydrogen (secondary N) is 2. The molecule has 0 aromatic heterocycles. The summed E-state index contributed by atoms with van der Waals surface area (Å²) in [5, 5.41) is 15.3. The third kappa shape index (κ3) is 5.75. The Hall–Kier alpha value is -2.50. The molecule has 2 N–H and O–H groups in total. The van der Waals surface area contributed by atoms with Gasteiger partial charge in [0.15, 0.2) is 6.19 Å². The number of hydrogen-bond acceptors (Lipinski definition) is 4. The van der Waals surface area contributed by atoms with Gasteiger partial charge in [-0.15, -0.1) is 0 Å². The fourth-order valence-electron chi connectivity index (χ4n) is 3.49. The Balaban J connectivity index is 1.70. The van der Waals surface area contributed by atoms with Crippen LogP contribution in [0, 0.1) is 11.5 Å². The Morgan fingerprint density at radius 3 is 2.52 bits per heavy atom. The minimum absolute atomic E-state index is 0.0254. The van der Waals surface area contributed by atoms with E-state index in [2.05, 4.69) is 15.6 Å². The average Bonchev–Trinajstić information content (AvgIpc) is 3.19. The van der Waals surface area contributed by atoms with Crippen molar-refractivity contribution in [2.24, 2.45) is 4.99 Å². The van der Waals surface area contributed by atoms with E-state index in [1.165, 1.54) is 0 Å². The van der Waals surface area contributed by atoms with Gasteiger partial charge >= 0.3 is 0 Å². The van der Waals surface area contributed by atoms with Crippen LogP contribution in [-0.2, 0) is 9.59 Å². The summed E-state index contributed by atoms with van der Waals surface area (Å²) in [6.07, 6.45) is 5.10. The van der Waals surface area contributed by atoms with Crippen LogP contribution < -0.4 is 10.6 Å². The molecule has 29 heavy (non-hydrogen) atoms. The van der Waals surface area contributed by atoms with Crippen LogP contribution >= 0.6 is 23.2 Å². The van der Waals surface area contributed by atoms with E-state index >= 15 is 0 Å². The monoisotopic (exact) mass is 436 g/mol. The van der Waals surface area contributed by atoms with Gasteiger partial charge in [-0.3, -0.25) is 14.9 Å². The number of anilines is 1. The van der Waals surface area contributed by atoms with Gasteiger partial charge in [0.25, 0.3) is 0 Å². The maximum Gasteiger partial charge on any atom is 0.247 e. The van der Waals surface area contributed by atoms with Crippen molar-refractivity contribution in [1.29, 1.82) is 5.26 Å². The molecule has 10 heteroatoms. The van der Waals surface area contributed by atoms with Crippen LogP contribution in [0.3, 0.4) is 0 Å². The van der Waals surface area contributed by atoms with Crippen molar-refractivity contribution in [3.05, 3.63) is 28.2 Å². The van der Waals surface area contributed by atoms with Crippen molar-refractivity contribution in [3.8, 4) is 6.19 Å². The quantitative estimate of drug-likeness (QED) is 0.326. The zero-order valence-electron chi connectivity index (χ0n) is 15.8. The normalized spacial score (nSPS) is 19.8. The summed E-state index contributed by atoms with van der Waals surface area (Å²) < 4.78 is 0. The van der Waals surface area contributed by atoms with E-state index in [0.717, 1.165) is 32.4 Å². The highest BCUT2D eigenvalue weighted by Crippen LogP contribution is 2.23. The molecule has 3 rings (SSSR count). The first-order chi connectivity index (χ1) is 14.0. The van der Waals surface area contributed by atoms with Crippen LogP contribution in [0.15, 0.2) is 23.2 Å². The van der Waals surface area contributed by atoms with Crippen LogP contribution in [0.4, 0.5) is 5.69 Å². The smallest absolute Gasteiger partial charge is 0.247 e. The summed E-state index contributed by atoms with van der Waals surface area (Å²) in [6, 6.07) is 4.17. The number of guanidine groups is 1. The Bertz CT molecular complexity index is 827. The standard InChI is InChI=1S/C19H22Cl2N6O2/c20-13-8-14(21)10-15(9-13)24-19(23-12-22)25-16-4-3-7-27(18(16)29)11-17(28)26-5-1-2-6-26/h8-10,16H,1-7,11H2,(H2,23,24,25). The van der Waals surface area contributed by atoms with Crippen LogP contribution in [-0.4, -0.2) is 59.8 Å². The highest BCUT2D eigenvalue weighted by molar-refractivity contribution is 6.35. The summed E-state index contributed by atoms with van der Waals surface area (Å²) in [5.41, 5.74) is 0.535. The maximum absolute atomic E-state index is 12.8. The van der Waals surface area contributed by atoms with Gasteiger partial charge in [0, 0.05) is 35.4 Å². The summed E-state index contributed by atoms with van der Waals surface area (Å²) >= 11 is 12.0. The summed E-state index contributed by atoms with van der Waals surface area (Å²) in [5.74, 6) is -0.119. The van der Waals surface area contributed by atoms with E-state index in [0.29, 0.717) is 28.7 Å². The molecule has 2 saturated heterocycles. The maximum atomic E-state index is 12.8. The van der Waals surface area contributed by atoms with Gasteiger partial charge in [0.05, 0.1) is 6.54 Å². The third-order valence-corrected chi connectivity index (χ3v) is 5.31. The minimum Gasteiger partial charge on any atom is -0.341 e. The van der Waals surface area contributed by atoms with Crippen molar-refractivity contribution >= 4 is 46.7 Å². The zero-order valence-corrected chi connectivity index (χ0v) is 17.3. The lowest BCUT2D eigenvalue weighted by Crippen LogP contribution is -2.49. The molecule has 1 atom stereocenters. The predicted molar refractivity (Wildman–Crippen MR) is 112 cm³/mol. The second-order valence-corrected chi connectivity index (χ2v) is 7.88. The third-order valence-electron chi connectivity index (χ3n) is 4.87. The molecule has 2 aliphatic rings. The SMILES string of the molecule is N#CNC(=NC1CCCN(CC(=O)N2CCCC2)C1=O)Nc1cc(Cl)cc(Cl)c1. The van der Waals surface area contributed by atoms with Gasteiger partial charge < -0.3 is 15.1 Å². The Morgan fingerprint density at radius 2 is 1.86 bits per heavy atom. The highest BCUT2D eigenvalue weighted by atomic mass is 35.5. The van der Waals surface area contributed by atoms with Crippen molar-refractivity contribution in [2.45, 2.75) is 31.7 Å².